The van der Waals surface area contributed by atoms with Gasteiger partial charge in [0, 0.05) is 11.2 Å². The van der Waals surface area contributed by atoms with Crippen molar-refractivity contribution in [3.05, 3.63) is 18.2 Å². The minimum atomic E-state index is -3.67. The quantitative estimate of drug-likeness (QED) is 0.758. The molecule has 0 spiro atoms. The van der Waals surface area contributed by atoms with Gasteiger partial charge in [-0.2, -0.15) is 0 Å². The lowest BCUT2D eigenvalue weighted by molar-refractivity contribution is 0.330. The Kier molecular flexibility index (Phi) is 5.42. The molecule has 3 N–H and O–H groups in total. The first kappa shape index (κ1) is 16.8. The Labute approximate surface area is 121 Å². The van der Waals surface area contributed by atoms with Crippen molar-refractivity contribution in [2.45, 2.75) is 51.0 Å². The third kappa shape index (κ3) is 4.38. The number of hydrogen-bond donors (Lipinski definition) is 2. The fraction of sp³-hybridized carbons (Fsp3) is 0.571. The van der Waals surface area contributed by atoms with E-state index in [0.717, 1.165) is 12.8 Å². The molecule has 0 heterocycles. The first-order chi connectivity index (χ1) is 9.22. The summed E-state index contributed by atoms with van der Waals surface area (Å²) in [5, 5.41) is 0. The van der Waals surface area contributed by atoms with Crippen LogP contribution in [0.2, 0.25) is 0 Å². The van der Waals surface area contributed by atoms with Crippen molar-refractivity contribution in [3.8, 4) is 5.75 Å². The van der Waals surface area contributed by atoms with Crippen LogP contribution in [0, 0.1) is 0 Å². The summed E-state index contributed by atoms with van der Waals surface area (Å²) in [6, 6.07) is 4.64. The molecule has 0 saturated carbocycles. The lowest BCUT2D eigenvalue weighted by atomic mass is 10.0. The first-order valence-electron chi connectivity index (χ1n) is 6.78. The van der Waals surface area contributed by atoms with Gasteiger partial charge < -0.3 is 10.5 Å². The van der Waals surface area contributed by atoms with Crippen LogP contribution in [0.15, 0.2) is 23.1 Å². The van der Waals surface area contributed by atoms with E-state index in [4.69, 9.17) is 10.5 Å². The van der Waals surface area contributed by atoms with Gasteiger partial charge in [0.15, 0.2) is 0 Å². The molecule has 0 unspecified atom stereocenters. The number of nitrogens with one attached hydrogen (secondary N) is 1. The molecule has 6 heteroatoms. The molecule has 114 valence electrons. The van der Waals surface area contributed by atoms with E-state index in [1.807, 2.05) is 20.8 Å². The second kappa shape index (κ2) is 6.45. The number of rotatable bonds is 7. The highest BCUT2D eigenvalue weighted by molar-refractivity contribution is 7.89. The van der Waals surface area contributed by atoms with E-state index < -0.39 is 15.6 Å². The maximum Gasteiger partial charge on any atom is 0.244 e. The highest BCUT2D eigenvalue weighted by Crippen LogP contribution is 2.27. The molecule has 1 aromatic carbocycles. The van der Waals surface area contributed by atoms with E-state index in [-0.39, 0.29) is 4.90 Å². The van der Waals surface area contributed by atoms with Crippen molar-refractivity contribution in [2.24, 2.45) is 0 Å². The van der Waals surface area contributed by atoms with Gasteiger partial charge in [0.1, 0.15) is 10.6 Å². The van der Waals surface area contributed by atoms with Gasteiger partial charge in [0.25, 0.3) is 0 Å². The Balaban J connectivity index is 3.17. The molecular formula is C14H24N2O3S. The fourth-order valence-corrected chi connectivity index (χ4v) is 3.73. The zero-order valence-corrected chi connectivity index (χ0v) is 13.4. The van der Waals surface area contributed by atoms with Gasteiger partial charge in [0.2, 0.25) is 10.0 Å². The molecule has 0 radical (unpaired) electrons. The molecule has 0 fully saturated rings. The molecule has 0 amide bonds. The standard InChI is InChI=1S/C14H24N2O3S/c1-5-9-14(3,4)16-20(17,18)13-10-11(15)7-8-12(13)19-6-2/h7-8,10,16H,5-6,9,15H2,1-4H3. The summed E-state index contributed by atoms with van der Waals surface area (Å²) in [7, 11) is -3.67. The molecule has 0 atom stereocenters. The van der Waals surface area contributed by atoms with E-state index >= 15 is 0 Å². The second-order valence-corrected chi connectivity index (χ2v) is 7.03. The molecule has 0 aliphatic rings. The molecule has 0 bridgehead atoms. The Hall–Kier alpha value is -1.27. The Morgan fingerprint density at radius 1 is 1.30 bits per heavy atom. The van der Waals surface area contributed by atoms with Gasteiger partial charge in [-0.25, -0.2) is 13.1 Å². The predicted octanol–water partition coefficient (Wildman–Crippen LogP) is 2.52. The van der Waals surface area contributed by atoms with Crippen molar-refractivity contribution in [1.29, 1.82) is 0 Å². The van der Waals surface area contributed by atoms with Crippen molar-refractivity contribution >= 4 is 15.7 Å². The molecular weight excluding hydrogens is 276 g/mol. The molecule has 20 heavy (non-hydrogen) atoms. The van der Waals surface area contributed by atoms with Crippen molar-refractivity contribution < 1.29 is 13.2 Å². The van der Waals surface area contributed by atoms with E-state index in [1.54, 1.807) is 19.1 Å². The van der Waals surface area contributed by atoms with Crippen LogP contribution in [0.4, 0.5) is 5.69 Å². The minimum absolute atomic E-state index is 0.0866. The lowest BCUT2D eigenvalue weighted by Gasteiger charge is -2.26. The second-order valence-electron chi connectivity index (χ2n) is 5.38. The first-order valence-corrected chi connectivity index (χ1v) is 8.26. The van der Waals surface area contributed by atoms with Gasteiger partial charge in [-0.1, -0.05) is 13.3 Å². The molecule has 0 aromatic heterocycles. The van der Waals surface area contributed by atoms with Gasteiger partial charge >= 0.3 is 0 Å². The average Bonchev–Trinajstić information content (AvgIpc) is 2.30. The van der Waals surface area contributed by atoms with Crippen LogP contribution in [-0.2, 0) is 10.0 Å². The Bertz CT molecular complexity index is 554. The van der Waals surface area contributed by atoms with Gasteiger partial charge in [0.05, 0.1) is 6.61 Å². The zero-order chi connectivity index (χ0) is 15.4. The Morgan fingerprint density at radius 3 is 2.50 bits per heavy atom. The normalized spacial score (nSPS) is 12.4. The molecule has 1 aromatic rings. The van der Waals surface area contributed by atoms with Crippen LogP contribution in [0.3, 0.4) is 0 Å². The number of hydrogen-bond acceptors (Lipinski definition) is 4. The molecule has 0 aliphatic heterocycles. The van der Waals surface area contributed by atoms with Crippen molar-refractivity contribution in [1.82, 2.24) is 4.72 Å². The topological polar surface area (TPSA) is 81.4 Å². The van der Waals surface area contributed by atoms with Crippen LogP contribution in [0.25, 0.3) is 0 Å². The number of benzene rings is 1. The van der Waals surface area contributed by atoms with E-state index in [1.165, 1.54) is 6.07 Å². The molecule has 0 saturated heterocycles. The summed E-state index contributed by atoms with van der Waals surface area (Å²) >= 11 is 0. The van der Waals surface area contributed by atoms with E-state index in [9.17, 15) is 8.42 Å². The maximum atomic E-state index is 12.5. The van der Waals surface area contributed by atoms with Gasteiger partial charge in [-0.05, 0) is 45.4 Å². The summed E-state index contributed by atoms with van der Waals surface area (Å²) in [5.41, 5.74) is 5.57. The average molecular weight is 300 g/mol. The number of nitrogens with two attached hydrogens (primary N) is 1. The number of anilines is 1. The van der Waals surface area contributed by atoms with Gasteiger partial charge in [-0.15, -0.1) is 0 Å². The molecule has 1 rings (SSSR count). The minimum Gasteiger partial charge on any atom is -0.492 e. The highest BCUT2D eigenvalue weighted by atomic mass is 32.2. The monoisotopic (exact) mass is 300 g/mol. The van der Waals surface area contributed by atoms with E-state index in [0.29, 0.717) is 18.0 Å². The number of sulfonamides is 1. The van der Waals surface area contributed by atoms with Crippen LogP contribution in [0.1, 0.15) is 40.5 Å². The summed E-state index contributed by atoms with van der Waals surface area (Å²) in [4.78, 5) is 0.0866. The van der Waals surface area contributed by atoms with Crippen LogP contribution in [-0.4, -0.2) is 20.6 Å². The van der Waals surface area contributed by atoms with Crippen LogP contribution < -0.4 is 15.2 Å². The van der Waals surface area contributed by atoms with Gasteiger partial charge in [-0.3, -0.25) is 0 Å². The highest BCUT2D eigenvalue weighted by Gasteiger charge is 2.28. The number of nitrogen functional groups attached to an aromatic ring is 1. The summed E-state index contributed by atoms with van der Waals surface area (Å²) < 4.78 is 33.1. The van der Waals surface area contributed by atoms with Crippen LogP contribution in [0.5, 0.6) is 5.75 Å². The largest absolute Gasteiger partial charge is 0.492 e. The molecule has 0 aliphatic carbocycles. The van der Waals surface area contributed by atoms with E-state index in [2.05, 4.69) is 4.72 Å². The molecule has 5 nitrogen and oxygen atoms in total. The third-order valence-corrected chi connectivity index (χ3v) is 4.56. The predicted molar refractivity (Wildman–Crippen MR) is 81.3 cm³/mol. The third-order valence-electron chi connectivity index (χ3n) is 2.84. The number of ether oxygens (including phenoxy) is 1. The maximum absolute atomic E-state index is 12.5. The SMILES string of the molecule is CCCC(C)(C)NS(=O)(=O)c1cc(N)ccc1OCC. The fourth-order valence-electron chi connectivity index (χ4n) is 2.10. The summed E-state index contributed by atoms with van der Waals surface area (Å²) in [6.07, 6.45) is 1.64. The van der Waals surface area contributed by atoms with Crippen molar-refractivity contribution in [3.63, 3.8) is 0 Å². The van der Waals surface area contributed by atoms with Crippen molar-refractivity contribution in [2.75, 3.05) is 12.3 Å². The zero-order valence-electron chi connectivity index (χ0n) is 12.6. The lowest BCUT2D eigenvalue weighted by Crippen LogP contribution is -2.43. The van der Waals surface area contributed by atoms with Crippen LogP contribution >= 0.6 is 0 Å². The Morgan fingerprint density at radius 2 is 1.95 bits per heavy atom. The smallest absolute Gasteiger partial charge is 0.244 e. The summed E-state index contributed by atoms with van der Waals surface area (Å²) in [6.45, 7) is 7.94. The summed E-state index contributed by atoms with van der Waals surface area (Å²) in [5.74, 6) is 0.321.